The van der Waals surface area contributed by atoms with Gasteiger partial charge in [0.25, 0.3) is 0 Å². The van der Waals surface area contributed by atoms with Crippen molar-refractivity contribution in [1.29, 1.82) is 0 Å². The molecule has 0 amide bonds. The first-order valence-electron chi connectivity index (χ1n) is 7.80. The second kappa shape index (κ2) is 7.64. The monoisotopic (exact) mass is 299 g/mol. The molecule has 1 aromatic carbocycles. The second-order valence-electron chi connectivity index (χ2n) is 5.25. The zero-order valence-electron chi connectivity index (χ0n) is 13.6. The molecular formula is C17H25N5. The van der Waals surface area contributed by atoms with Crippen molar-refractivity contribution in [2.45, 2.75) is 33.1 Å². The van der Waals surface area contributed by atoms with E-state index in [-0.39, 0.29) is 0 Å². The van der Waals surface area contributed by atoms with Crippen LogP contribution in [-0.4, -0.2) is 22.3 Å². The molecule has 0 aliphatic heterocycles. The van der Waals surface area contributed by atoms with Gasteiger partial charge in [-0.1, -0.05) is 32.0 Å². The van der Waals surface area contributed by atoms with Crippen molar-refractivity contribution in [3.63, 3.8) is 0 Å². The molecule has 0 atom stereocenters. The number of guanidine groups is 1. The number of nitrogens with zero attached hydrogens (tertiary/aromatic N) is 3. The summed E-state index contributed by atoms with van der Waals surface area (Å²) in [5.41, 5.74) is 10.8. The fraction of sp³-hybridized carbons (Fsp3) is 0.412. The van der Waals surface area contributed by atoms with E-state index in [1.807, 2.05) is 17.8 Å². The van der Waals surface area contributed by atoms with Crippen molar-refractivity contribution >= 4 is 11.6 Å². The fourth-order valence-electron chi connectivity index (χ4n) is 2.51. The van der Waals surface area contributed by atoms with Crippen LogP contribution in [0.3, 0.4) is 0 Å². The first-order valence-corrected chi connectivity index (χ1v) is 7.80. The Labute approximate surface area is 132 Å². The zero-order chi connectivity index (χ0) is 15.9. The molecule has 3 N–H and O–H groups in total. The van der Waals surface area contributed by atoms with Gasteiger partial charge in [0.1, 0.15) is 0 Å². The maximum atomic E-state index is 6.05. The molecule has 0 aliphatic carbocycles. The van der Waals surface area contributed by atoms with Gasteiger partial charge in [-0.05, 0) is 30.0 Å². The van der Waals surface area contributed by atoms with Crippen LogP contribution in [0.25, 0.3) is 0 Å². The highest BCUT2D eigenvalue weighted by atomic mass is 15.3. The molecule has 2 rings (SSSR count). The zero-order valence-corrected chi connectivity index (χ0v) is 13.6. The number of nitrogens with one attached hydrogen (secondary N) is 1. The molecule has 22 heavy (non-hydrogen) atoms. The lowest BCUT2D eigenvalue weighted by molar-refractivity contribution is 0.706. The van der Waals surface area contributed by atoms with E-state index in [9.17, 15) is 0 Å². The van der Waals surface area contributed by atoms with E-state index in [2.05, 4.69) is 47.5 Å². The van der Waals surface area contributed by atoms with E-state index in [1.165, 1.54) is 11.1 Å². The summed E-state index contributed by atoms with van der Waals surface area (Å²) in [4.78, 5) is 4.43. The summed E-state index contributed by atoms with van der Waals surface area (Å²) >= 11 is 0. The predicted molar refractivity (Wildman–Crippen MR) is 92.2 cm³/mol. The van der Waals surface area contributed by atoms with Crippen molar-refractivity contribution in [1.82, 2.24) is 9.78 Å². The Bertz CT molecular complexity index is 620. The smallest absolute Gasteiger partial charge is 0.193 e. The normalized spacial score (nSPS) is 11.7. The molecule has 0 saturated heterocycles. The van der Waals surface area contributed by atoms with E-state index in [0.29, 0.717) is 12.5 Å². The molecule has 1 heterocycles. The van der Waals surface area contributed by atoms with Gasteiger partial charge < -0.3 is 11.1 Å². The SMILES string of the molecule is CCc1cccc(CC)c1NC(N)=NCCc1ccnn1C. The van der Waals surface area contributed by atoms with E-state index >= 15 is 0 Å². The molecule has 0 fully saturated rings. The molecule has 5 nitrogen and oxygen atoms in total. The summed E-state index contributed by atoms with van der Waals surface area (Å²) in [6.45, 7) is 4.94. The third-order valence-corrected chi connectivity index (χ3v) is 3.82. The molecule has 0 spiro atoms. The third kappa shape index (κ3) is 3.87. The minimum absolute atomic E-state index is 0.470. The van der Waals surface area contributed by atoms with Crippen LogP contribution < -0.4 is 11.1 Å². The summed E-state index contributed by atoms with van der Waals surface area (Å²) in [6.07, 6.45) is 4.57. The molecule has 1 aromatic heterocycles. The van der Waals surface area contributed by atoms with Crippen LogP contribution in [0.2, 0.25) is 0 Å². The minimum atomic E-state index is 0.470. The van der Waals surface area contributed by atoms with Gasteiger partial charge in [-0.15, -0.1) is 0 Å². The summed E-state index contributed by atoms with van der Waals surface area (Å²) in [6, 6.07) is 8.36. The molecule has 0 aliphatic rings. The number of benzene rings is 1. The summed E-state index contributed by atoms with van der Waals surface area (Å²) < 4.78 is 1.86. The van der Waals surface area contributed by atoms with Crippen LogP contribution in [-0.2, 0) is 26.3 Å². The van der Waals surface area contributed by atoms with E-state index in [1.54, 1.807) is 6.20 Å². The number of aliphatic imine (C=N–C) groups is 1. The van der Waals surface area contributed by atoms with Crippen molar-refractivity contribution in [3.8, 4) is 0 Å². The summed E-state index contributed by atoms with van der Waals surface area (Å²) in [7, 11) is 1.94. The van der Waals surface area contributed by atoms with Crippen molar-refractivity contribution in [3.05, 3.63) is 47.3 Å². The maximum absolute atomic E-state index is 6.05. The Morgan fingerprint density at radius 3 is 2.45 bits per heavy atom. The van der Waals surface area contributed by atoms with Gasteiger partial charge in [-0.2, -0.15) is 5.10 Å². The number of aromatic nitrogens is 2. The Morgan fingerprint density at radius 2 is 1.91 bits per heavy atom. The van der Waals surface area contributed by atoms with E-state index in [4.69, 9.17) is 5.73 Å². The fourth-order valence-corrected chi connectivity index (χ4v) is 2.51. The highest BCUT2D eigenvalue weighted by Gasteiger charge is 2.07. The van der Waals surface area contributed by atoms with E-state index < -0.39 is 0 Å². The van der Waals surface area contributed by atoms with Crippen molar-refractivity contribution < 1.29 is 0 Å². The number of anilines is 1. The van der Waals surface area contributed by atoms with Gasteiger partial charge in [-0.3, -0.25) is 9.67 Å². The summed E-state index contributed by atoms with van der Waals surface area (Å²) in [5, 5.41) is 7.43. The van der Waals surface area contributed by atoms with Crippen LogP contribution in [0.1, 0.15) is 30.7 Å². The van der Waals surface area contributed by atoms with Gasteiger partial charge >= 0.3 is 0 Å². The van der Waals surface area contributed by atoms with Crippen LogP contribution in [0, 0.1) is 0 Å². The second-order valence-corrected chi connectivity index (χ2v) is 5.25. The lowest BCUT2D eigenvalue weighted by Gasteiger charge is -2.14. The first-order chi connectivity index (χ1) is 10.7. The van der Waals surface area contributed by atoms with Gasteiger partial charge in [0, 0.05) is 37.6 Å². The number of hydrogen-bond donors (Lipinski definition) is 2. The van der Waals surface area contributed by atoms with Gasteiger partial charge in [0.2, 0.25) is 0 Å². The molecule has 118 valence electrons. The molecule has 5 heteroatoms. The number of aryl methyl sites for hydroxylation is 3. The molecule has 0 radical (unpaired) electrons. The number of rotatable bonds is 6. The first kappa shape index (κ1) is 16.1. The third-order valence-electron chi connectivity index (χ3n) is 3.82. The lowest BCUT2D eigenvalue weighted by Crippen LogP contribution is -2.24. The Kier molecular flexibility index (Phi) is 5.58. The van der Waals surface area contributed by atoms with Gasteiger partial charge in [0.15, 0.2) is 5.96 Å². The number of hydrogen-bond acceptors (Lipinski definition) is 2. The van der Waals surface area contributed by atoms with Crippen LogP contribution in [0.4, 0.5) is 5.69 Å². The average molecular weight is 299 g/mol. The van der Waals surface area contributed by atoms with Gasteiger partial charge in [0.05, 0.1) is 0 Å². The Hall–Kier alpha value is -2.30. The standard InChI is InChI=1S/C17H25N5/c1-4-13-7-6-8-14(5-2)16(13)21-17(18)19-11-9-15-10-12-20-22(15)3/h6-8,10,12H,4-5,9,11H2,1-3H3,(H3,18,19,21). The van der Waals surface area contributed by atoms with E-state index in [0.717, 1.165) is 30.6 Å². The molecule has 0 bridgehead atoms. The quantitative estimate of drug-likeness (QED) is 0.636. The van der Waals surface area contributed by atoms with Crippen LogP contribution >= 0.6 is 0 Å². The Balaban J connectivity index is 2.03. The van der Waals surface area contributed by atoms with Crippen LogP contribution in [0.15, 0.2) is 35.5 Å². The average Bonchev–Trinajstić information content (AvgIpc) is 2.93. The minimum Gasteiger partial charge on any atom is -0.370 e. The largest absolute Gasteiger partial charge is 0.370 e. The lowest BCUT2D eigenvalue weighted by atomic mass is 10.0. The number of nitrogens with two attached hydrogens (primary N) is 1. The number of para-hydroxylation sites is 1. The molecule has 2 aromatic rings. The van der Waals surface area contributed by atoms with Crippen LogP contribution in [0.5, 0.6) is 0 Å². The van der Waals surface area contributed by atoms with Crippen molar-refractivity contribution in [2.24, 2.45) is 17.8 Å². The highest BCUT2D eigenvalue weighted by molar-refractivity contribution is 5.93. The topological polar surface area (TPSA) is 68.2 Å². The van der Waals surface area contributed by atoms with Gasteiger partial charge in [-0.25, -0.2) is 0 Å². The molecule has 0 saturated carbocycles. The maximum Gasteiger partial charge on any atom is 0.193 e. The Morgan fingerprint density at radius 1 is 1.23 bits per heavy atom. The molecular weight excluding hydrogens is 274 g/mol. The molecule has 0 unspecified atom stereocenters. The summed E-state index contributed by atoms with van der Waals surface area (Å²) in [5.74, 6) is 0.470. The predicted octanol–water partition coefficient (Wildman–Crippen LogP) is 2.51. The highest BCUT2D eigenvalue weighted by Crippen LogP contribution is 2.22. The van der Waals surface area contributed by atoms with Crippen molar-refractivity contribution in [2.75, 3.05) is 11.9 Å².